The highest BCUT2D eigenvalue weighted by atomic mass is 35.5. The number of nitrogens with zero attached hydrogens (tertiary/aromatic N) is 2. The van der Waals surface area contributed by atoms with E-state index in [0.717, 1.165) is 41.1 Å². The Bertz CT molecular complexity index is 1810. The molecule has 8 nitrogen and oxygen atoms in total. The van der Waals surface area contributed by atoms with E-state index < -0.39 is 28.5 Å². The molecule has 0 bridgehead atoms. The molecule has 0 radical (unpaired) electrons. The lowest BCUT2D eigenvalue weighted by Gasteiger charge is -2.34. The number of halogens is 2. The van der Waals surface area contributed by atoms with Gasteiger partial charge in [-0.05, 0) is 79.4 Å². The molecule has 252 valence electrons. The van der Waals surface area contributed by atoms with E-state index in [1.165, 1.54) is 24.1 Å². The number of ether oxygens (including phenoxy) is 1. The Kier molecular flexibility index (Phi) is 11.7. The van der Waals surface area contributed by atoms with Crippen molar-refractivity contribution in [2.45, 2.75) is 62.6 Å². The van der Waals surface area contributed by atoms with Crippen LogP contribution in [0.25, 0.3) is 0 Å². The number of benzene rings is 4. The molecular weight excluding hydrogens is 669 g/mol. The van der Waals surface area contributed by atoms with Crippen LogP contribution >= 0.6 is 23.2 Å². The average molecular weight is 709 g/mol. The molecule has 0 spiro atoms. The van der Waals surface area contributed by atoms with Gasteiger partial charge in [0.2, 0.25) is 11.8 Å². The molecule has 0 aromatic heterocycles. The minimum Gasteiger partial charge on any atom is -0.497 e. The topological polar surface area (TPSA) is 96.0 Å². The number of aryl methyl sites for hydroxylation is 1. The number of carbonyl (C=O) groups excluding carboxylic acids is 2. The summed E-state index contributed by atoms with van der Waals surface area (Å²) in [6.07, 6.45) is 3.97. The van der Waals surface area contributed by atoms with E-state index >= 15 is 0 Å². The summed E-state index contributed by atoms with van der Waals surface area (Å²) in [5, 5.41) is 3.93. The van der Waals surface area contributed by atoms with Crippen molar-refractivity contribution in [1.29, 1.82) is 0 Å². The molecule has 1 saturated carbocycles. The predicted octanol–water partition coefficient (Wildman–Crippen LogP) is 7.20. The fourth-order valence-corrected chi connectivity index (χ4v) is 7.75. The second-order valence-electron chi connectivity index (χ2n) is 12.0. The summed E-state index contributed by atoms with van der Waals surface area (Å²) in [5.74, 6) is -0.347. The third-order valence-electron chi connectivity index (χ3n) is 8.58. The van der Waals surface area contributed by atoms with Crippen LogP contribution in [-0.2, 0) is 32.6 Å². The highest BCUT2D eigenvalue weighted by Gasteiger charge is 2.36. The summed E-state index contributed by atoms with van der Waals surface area (Å²) in [6, 6.07) is 26.3. The first-order valence-corrected chi connectivity index (χ1v) is 18.1. The third kappa shape index (κ3) is 8.69. The number of hydrogen-bond acceptors (Lipinski definition) is 5. The highest BCUT2D eigenvalue weighted by Crippen LogP contribution is 2.29. The lowest BCUT2D eigenvalue weighted by atomic mass is 10.0. The van der Waals surface area contributed by atoms with E-state index in [9.17, 15) is 18.0 Å². The number of nitrogens with one attached hydrogen (secondary N) is 1. The van der Waals surface area contributed by atoms with E-state index in [4.69, 9.17) is 27.9 Å². The fraction of sp³-hybridized carbons (Fsp3) is 0.297. The average Bonchev–Trinajstić information content (AvgIpc) is 3.59. The van der Waals surface area contributed by atoms with Crippen molar-refractivity contribution in [3.63, 3.8) is 0 Å². The van der Waals surface area contributed by atoms with Gasteiger partial charge in [0.1, 0.15) is 18.3 Å². The molecule has 4 aromatic carbocycles. The minimum absolute atomic E-state index is 0.00422. The lowest BCUT2D eigenvalue weighted by molar-refractivity contribution is -0.140. The van der Waals surface area contributed by atoms with Gasteiger partial charge in [-0.1, -0.05) is 90.1 Å². The Balaban J connectivity index is 1.58. The molecule has 2 amide bonds. The van der Waals surface area contributed by atoms with Crippen LogP contribution in [-0.4, -0.2) is 50.9 Å². The summed E-state index contributed by atoms with van der Waals surface area (Å²) in [6.45, 7) is 1.24. The van der Waals surface area contributed by atoms with Crippen LogP contribution in [0.15, 0.2) is 102 Å². The summed E-state index contributed by atoms with van der Waals surface area (Å²) < 4.78 is 34.9. The summed E-state index contributed by atoms with van der Waals surface area (Å²) in [5.41, 5.74) is 2.58. The van der Waals surface area contributed by atoms with Gasteiger partial charge in [-0.2, -0.15) is 0 Å². The molecule has 0 aliphatic heterocycles. The zero-order valence-corrected chi connectivity index (χ0v) is 29.3. The molecule has 0 saturated heterocycles. The monoisotopic (exact) mass is 707 g/mol. The number of anilines is 1. The SMILES string of the molecule is COc1ccc(N(CC(=O)N(Cc2ccc(Cl)cc2Cl)C(Cc2ccccc2)C(=O)NC2CCCC2)S(=O)(=O)c2ccc(C)cc2)cc1. The Morgan fingerprint density at radius 1 is 0.917 bits per heavy atom. The molecular formula is C37H39Cl2N3O5S. The Morgan fingerprint density at radius 2 is 1.58 bits per heavy atom. The van der Waals surface area contributed by atoms with Crippen molar-refractivity contribution < 1.29 is 22.7 Å². The summed E-state index contributed by atoms with van der Waals surface area (Å²) in [7, 11) is -2.71. The van der Waals surface area contributed by atoms with E-state index in [0.29, 0.717) is 21.4 Å². The number of methoxy groups -OCH3 is 1. The second-order valence-corrected chi connectivity index (χ2v) is 14.7. The first-order valence-electron chi connectivity index (χ1n) is 15.9. The lowest BCUT2D eigenvalue weighted by Crippen LogP contribution is -2.54. The molecule has 1 aliphatic carbocycles. The quantitative estimate of drug-likeness (QED) is 0.159. The van der Waals surface area contributed by atoms with E-state index in [-0.39, 0.29) is 35.5 Å². The Hall–Kier alpha value is -4.05. The van der Waals surface area contributed by atoms with Gasteiger partial charge in [-0.3, -0.25) is 13.9 Å². The normalized spacial score (nSPS) is 13.9. The molecule has 5 rings (SSSR count). The largest absolute Gasteiger partial charge is 0.497 e. The Morgan fingerprint density at radius 3 is 2.21 bits per heavy atom. The first kappa shape index (κ1) is 35.3. The van der Waals surface area contributed by atoms with Gasteiger partial charge in [0, 0.05) is 29.1 Å². The van der Waals surface area contributed by atoms with Crippen LogP contribution < -0.4 is 14.4 Å². The van der Waals surface area contributed by atoms with Crippen molar-refractivity contribution in [3.8, 4) is 5.75 Å². The third-order valence-corrected chi connectivity index (χ3v) is 11.0. The maximum atomic E-state index is 14.7. The number of rotatable bonds is 13. The number of carbonyl (C=O) groups is 2. The van der Waals surface area contributed by atoms with Crippen LogP contribution in [0, 0.1) is 6.92 Å². The van der Waals surface area contributed by atoms with Gasteiger partial charge in [-0.25, -0.2) is 8.42 Å². The molecule has 1 atom stereocenters. The van der Waals surface area contributed by atoms with Gasteiger partial charge >= 0.3 is 0 Å². The number of sulfonamides is 1. The van der Waals surface area contributed by atoms with Gasteiger partial charge < -0.3 is 15.0 Å². The molecule has 0 heterocycles. The zero-order chi connectivity index (χ0) is 34.3. The van der Waals surface area contributed by atoms with Crippen LogP contribution in [0.2, 0.25) is 10.0 Å². The maximum Gasteiger partial charge on any atom is 0.264 e. The number of hydrogen-bond donors (Lipinski definition) is 1. The maximum absolute atomic E-state index is 14.7. The van der Waals surface area contributed by atoms with E-state index in [2.05, 4.69) is 5.32 Å². The van der Waals surface area contributed by atoms with Crippen molar-refractivity contribution in [3.05, 3.63) is 124 Å². The van der Waals surface area contributed by atoms with Crippen molar-refractivity contribution in [1.82, 2.24) is 10.2 Å². The molecule has 11 heteroatoms. The van der Waals surface area contributed by atoms with Crippen molar-refractivity contribution >= 4 is 50.7 Å². The molecule has 1 fully saturated rings. The van der Waals surface area contributed by atoms with Crippen LogP contribution in [0.3, 0.4) is 0 Å². The number of amides is 2. The van der Waals surface area contributed by atoms with Crippen LogP contribution in [0.5, 0.6) is 5.75 Å². The van der Waals surface area contributed by atoms with Crippen molar-refractivity contribution in [2.24, 2.45) is 0 Å². The molecule has 1 aliphatic rings. The van der Waals surface area contributed by atoms with E-state index in [1.807, 2.05) is 37.3 Å². The second kappa shape index (κ2) is 15.9. The smallest absolute Gasteiger partial charge is 0.264 e. The predicted molar refractivity (Wildman–Crippen MR) is 190 cm³/mol. The summed E-state index contributed by atoms with van der Waals surface area (Å²) in [4.78, 5) is 30.3. The van der Waals surface area contributed by atoms with Gasteiger partial charge in [0.05, 0.1) is 17.7 Å². The van der Waals surface area contributed by atoms with Gasteiger partial charge in [0.25, 0.3) is 10.0 Å². The molecule has 48 heavy (non-hydrogen) atoms. The molecule has 4 aromatic rings. The van der Waals surface area contributed by atoms with Crippen LogP contribution in [0.4, 0.5) is 5.69 Å². The van der Waals surface area contributed by atoms with E-state index in [1.54, 1.807) is 54.6 Å². The standard InChI is InChI=1S/C37H39Cl2N3O5S/c1-26-12-20-33(21-13-26)48(45,46)42(31-16-18-32(47-2)19-17-31)25-36(43)41(24-28-14-15-29(38)23-34(28)39)35(22-27-8-4-3-5-9-27)37(44)40-30-10-6-7-11-30/h3-5,8-9,12-21,23,30,35H,6-7,10-11,22,24-25H2,1-2H3,(H,40,44). The minimum atomic E-state index is -4.23. The zero-order valence-electron chi connectivity index (χ0n) is 26.9. The fourth-order valence-electron chi connectivity index (χ4n) is 5.87. The molecule has 1 unspecified atom stereocenters. The highest BCUT2D eigenvalue weighted by molar-refractivity contribution is 7.92. The van der Waals surface area contributed by atoms with Crippen LogP contribution in [0.1, 0.15) is 42.4 Å². The Labute approximate surface area is 292 Å². The summed E-state index contributed by atoms with van der Waals surface area (Å²) >= 11 is 12.8. The van der Waals surface area contributed by atoms with Gasteiger partial charge in [0.15, 0.2) is 0 Å². The van der Waals surface area contributed by atoms with Crippen molar-refractivity contribution in [2.75, 3.05) is 18.0 Å². The van der Waals surface area contributed by atoms with Gasteiger partial charge in [-0.15, -0.1) is 0 Å². The molecule has 1 N–H and O–H groups in total. The first-order chi connectivity index (χ1) is 23.0.